The molecule has 18 heavy (non-hydrogen) atoms. The van der Waals surface area contributed by atoms with Gasteiger partial charge in [-0.1, -0.05) is 0 Å². The number of ether oxygens (including phenoxy) is 1. The molecule has 2 heterocycles. The van der Waals surface area contributed by atoms with Gasteiger partial charge in [-0.05, 0) is 19.1 Å². The molecular weight excluding hydrogens is 236 g/mol. The molecule has 1 aromatic heterocycles. The van der Waals surface area contributed by atoms with Crippen LogP contribution in [0, 0.1) is 0 Å². The minimum atomic E-state index is -1.01. The summed E-state index contributed by atoms with van der Waals surface area (Å²) in [5, 5.41) is 8.54. The maximum absolute atomic E-state index is 12.0. The number of nitrogens with zero attached hydrogens (tertiary/aromatic N) is 2. The van der Waals surface area contributed by atoms with Crippen molar-refractivity contribution in [1.82, 2.24) is 9.88 Å². The Hall–Kier alpha value is -1.95. The topological polar surface area (TPSA) is 79.7 Å². The molecule has 1 aliphatic heterocycles. The fraction of sp³-hybridized carbons (Fsp3) is 0.417. The summed E-state index contributed by atoms with van der Waals surface area (Å²) in [6.45, 7) is 2.25. The van der Waals surface area contributed by atoms with E-state index in [0.29, 0.717) is 18.7 Å². The molecule has 6 nitrogen and oxygen atoms in total. The van der Waals surface area contributed by atoms with E-state index in [1.54, 1.807) is 30.2 Å². The molecule has 0 saturated carbocycles. The van der Waals surface area contributed by atoms with Gasteiger partial charge in [0.15, 0.2) is 0 Å². The van der Waals surface area contributed by atoms with Crippen LogP contribution in [0.1, 0.15) is 17.3 Å². The largest absolute Gasteiger partial charge is 0.480 e. The maximum Gasteiger partial charge on any atom is 0.329 e. The van der Waals surface area contributed by atoms with Crippen LogP contribution in [0.4, 0.5) is 0 Å². The van der Waals surface area contributed by atoms with Gasteiger partial charge in [-0.3, -0.25) is 9.78 Å². The van der Waals surface area contributed by atoms with Gasteiger partial charge in [0.25, 0.3) is 5.91 Å². The normalized spacial score (nSPS) is 17.1. The molecule has 0 aromatic carbocycles. The summed E-state index contributed by atoms with van der Waals surface area (Å²) in [7, 11) is 0. The fourth-order valence-corrected chi connectivity index (χ4v) is 1.90. The standard InChI is InChI=1S/C12H14N2O4/c1-12(18-6-10(15)16)7-14(8-12)11(17)9-3-2-4-13-5-9/h2-5H,6-8H2,1H3,(H,15,16). The zero-order valence-electron chi connectivity index (χ0n) is 10.00. The molecule has 1 fully saturated rings. The highest BCUT2D eigenvalue weighted by atomic mass is 16.5. The first-order chi connectivity index (χ1) is 8.50. The van der Waals surface area contributed by atoms with E-state index in [0.717, 1.165) is 0 Å². The van der Waals surface area contributed by atoms with Crippen molar-refractivity contribution in [2.45, 2.75) is 12.5 Å². The van der Waals surface area contributed by atoms with Crippen molar-refractivity contribution >= 4 is 11.9 Å². The highest BCUT2D eigenvalue weighted by Gasteiger charge is 2.42. The number of hydrogen-bond acceptors (Lipinski definition) is 4. The van der Waals surface area contributed by atoms with Crippen LogP contribution < -0.4 is 0 Å². The van der Waals surface area contributed by atoms with E-state index in [4.69, 9.17) is 9.84 Å². The molecule has 1 amide bonds. The number of aromatic nitrogens is 1. The monoisotopic (exact) mass is 250 g/mol. The Balaban J connectivity index is 1.89. The highest BCUT2D eigenvalue weighted by molar-refractivity contribution is 5.94. The van der Waals surface area contributed by atoms with Crippen LogP contribution in [-0.2, 0) is 9.53 Å². The predicted molar refractivity (Wildman–Crippen MR) is 62.1 cm³/mol. The number of pyridine rings is 1. The van der Waals surface area contributed by atoms with Crippen LogP contribution in [0.3, 0.4) is 0 Å². The smallest absolute Gasteiger partial charge is 0.329 e. The third-order valence-electron chi connectivity index (χ3n) is 2.79. The number of amides is 1. The van der Waals surface area contributed by atoms with Gasteiger partial charge in [-0.25, -0.2) is 4.79 Å². The Kier molecular flexibility index (Phi) is 3.29. The molecule has 0 spiro atoms. The Morgan fingerprint density at radius 1 is 1.56 bits per heavy atom. The second kappa shape index (κ2) is 4.73. The van der Waals surface area contributed by atoms with Gasteiger partial charge in [-0.15, -0.1) is 0 Å². The molecule has 1 N–H and O–H groups in total. The molecule has 1 aliphatic rings. The quantitative estimate of drug-likeness (QED) is 0.836. The lowest BCUT2D eigenvalue weighted by atomic mass is 9.95. The number of carboxylic acids is 1. The summed E-state index contributed by atoms with van der Waals surface area (Å²) in [4.78, 5) is 27.9. The maximum atomic E-state index is 12.0. The molecular formula is C12H14N2O4. The van der Waals surface area contributed by atoms with E-state index < -0.39 is 11.6 Å². The van der Waals surface area contributed by atoms with Gasteiger partial charge in [0.1, 0.15) is 12.2 Å². The van der Waals surface area contributed by atoms with E-state index in [1.807, 2.05) is 0 Å². The number of rotatable bonds is 4. The van der Waals surface area contributed by atoms with Crippen LogP contribution in [0.2, 0.25) is 0 Å². The molecule has 0 atom stereocenters. The summed E-state index contributed by atoms with van der Waals surface area (Å²) >= 11 is 0. The number of aliphatic carboxylic acids is 1. The summed E-state index contributed by atoms with van der Waals surface area (Å²) in [5.41, 5.74) is -0.0335. The highest BCUT2D eigenvalue weighted by Crippen LogP contribution is 2.26. The van der Waals surface area contributed by atoms with Gasteiger partial charge < -0.3 is 14.7 Å². The van der Waals surface area contributed by atoms with Crippen molar-refractivity contribution in [2.24, 2.45) is 0 Å². The Bertz CT molecular complexity index is 454. The first kappa shape index (κ1) is 12.5. The molecule has 96 valence electrons. The van der Waals surface area contributed by atoms with Gasteiger partial charge in [0.2, 0.25) is 0 Å². The van der Waals surface area contributed by atoms with Crippen molar-refractivity contribution in [3.63, 3.8) is 0 Å². The lowest BCUT2D eigenvalue weighted by Crippen LogP contribution is -2.63. The average Bonchev–Trinajstić information content (AvgIpc) is 2.33. The summed E-state index contributed by atoms with van der Waals surface area (Å²) < 4.78 is 5.23. The molecule has 1 aromatic rings. The van der Waals surface area contributed by atoms with Crippen molar-refractivity contribution in [2.75, 3.05) is 19.7 Å². The zero-order chi connectivity index (χ0) is 13.2. The van der Waals surface area contributed by atoms with E-state index in [-0.39, 0.29) is 12.5 Å². The number of likely N-dealkylation sites (tertiary alicyclic amines) is 1. The second-order valence-electron chi connectivity index (χ2n) is 4.54. The molecule has 6 heteroatoms. The van der Waals surface area contributed by atoms with Crippen LogP contribution in [0.15, 0.2) is 24.5 Å². The van der Waals surface area contributed by atoms with Gasteiger partial charge in [0.05, 0.1) is 18.7 Å². The van der Waals surface area contributed by atoms with Gasteiger partial charge >= 0.3 is 5.97 Å². The molecule has 0 unspecified atom stereocenters. The van der Waals surface area contributed by atoms with Gasteiger partial charge in [-0.2, -0.15) is 0 Å². The van der Waals surface area contributed by atoms with E-state index in [1.165, 1.54) is 6.20 Å². The first-order valence-corrected chi connectivity index (χ1v) is 5.55. The van der Waals surface area contributed by atoms with E-state index >= 15 is 0 Å². The van der Waals surface area contributed by atoms with E-state index in [9.17, 15) is 9.59 Å². The third-order valence-corrected chi connectivity index (χ3v) is 2.79. The summed E-state index contributed by atoms with van der Waals surface area (Å²) in [6.07, 6.45) is 3.11. The molecule has 0 radical (unpaired) electrons. The minimum Gasteiger partial charge on any atom is -0.480 e. The first-order valence-electron chi connectivity index (χ1n) is 5.55. The molecule has 0 bridgehead atoms. The number of carboxylic acid groups (broad SMARTS) is 1. The molecule has 2 rings (SSSR count). The van der Waals surface area contributed by atoms with Crippen molar-refractivity contribution in [3.8, 4) is 0 Å². The average molecular weight is 250 g/mol. The van der Waals surface area contributed by atoms with Crippen LogP contribution in [0.5, 0.6) is 0 Å². The van der Waals surface area contributed by atoms with Crippen molar-refractivity contribution in [3.05, 3.63) is 30.1 Å². The third kappa shape index (κ3) is 2.65. The Morgan fingerprint density at radius 2 is 2.28 bits per heavy atom. The van der Waals surface area contributed by atoms with E-state index in [2.05, 4.69) is 4.98 Å². The zero-order valence-corrected chi connectivity index (χ0v) is 10.00. The number of carbonyl (C=O) groups is 2. The van der Waals surface area contributed by atoms with Crippen LogP contribution in [-0.4, -0.2) is 52.2 Å². The Labute approximate surface area is 104 Å². The number of hydrogen-bond donors (Lipinski definition) is 1. The Morgan fingerprint density at radius 3 is 2.83 bits per heavy atom. The summed E-state index contributed by atoms with van der Waals surface area (Å²) in [6, 6.07) is 3.40. The number of carbonyl (C=O) groups excluding carboxylic acids is 1. The fourth-order valence-electron chi connectivity index (χ4n) is 1.90. The van der Waals surface area contributed by atoms with Crippen molar-refractivity contribution in [1.29, 1.82) is 0 Å². The minimum absolute atomic E-state index is 0.112. The molecule has 1 saturated heterocycles. The van der Waals surface area contributed by atoms with Crippen LogP contribution in [0.25, 0.3) is 0 Å². The lowest BCUT2D eigenvalue weighted by molar-refractivity contribution is -0.159. The molecule has 0 aliphatic carbocycles. The predicted octanol–water partition coefficient (Wildman–Crippen LogP) is 0.397. The second-order valence-corrected chi connectivity index (χ2v) is 4.54. The van der Waals surface area contributed by atoms with Crippen LogP contribution >= 0.6 is 0 Å². The SMILES string of the molecule is CC1(OCC(=O)O)CN(C(=O)c2cccnc2)C1. The lowest BCUT2D eigenvalue weighted by Gasteiger charge is -2.47. The summed E-state index contributed by atoms with van der Waals surface area (Å²) in [5.74, 6) is -1.12. The van der Waals surface area contributed by atoms with Gasteiger partial charge in [0, 0.05) is 12.4 Å². The van der Waals surface area contributed by atoms with Crippen molar-refractivity contribution < 1.29 is 19.4 Å².